The van der Waals surface area contributed by atoms with Crippen molar-refractivity contribution in [2.75, 3.05) is 0 Å². The summed E-state index contributed by atoms with van der Waals surface area (Å²) in [6.45, 7) is 0. The molecule has 5 heteroatoms. The summed E-state index contributed by atoms with van der Waals surface area (Å²) in [5, 5.41) is 0. The number of ketones is 1. The van der Waals surface area contributed by atoms with Crippen LogP contribution in [0.3, 0.4) is 0 Å². The molecule has 3 aromatic rings. The molecule has 3 aromatic carbocycles. The molecule has 0 amide bonds. The van der Waals surface area contributed by atoms with Gasteiger partial charge >= 0.3 is 5.97 Å². The van der Waals surface area contributed by atoms with Gasteiger partial charge in [-0.3, -0.25) is 4.79 Å². The zero-order valence-electron chi connectivity index (χ0n) is 15.2. The van der Waals surface area contributed by atoms with Crippen LogP contribution in [0.15, 0.2) is 84.6 Å². The van der Waals surface area contributed by atoms with Crippen LogP contribution < -0.4 is 9.47 Å². The second-order valence-corrected chi connectivity index (χ2v) is 6.31. The van der Waals surface area contributed by atoms with E-state index in [1.807, 2.05) is 30.3 Å². The number of halogens is 1. The number of rotatable bonds is 4. The Morgan fingerprint density at radius 1 is 0.931 bits per heavy atom. The molecule has 0 saturated heterocycles. The molecule has 4 rings (SSSR count). The van der Waals surface area contributed by atoms with Crippen LogP contribution >= 0.6 is 0 Å². The average Bonchev–Trinajstić information content (AvgIpc) is 3.04. The largest absolute Gasteiger partial charge is 0.452 e. The Labute approximate surface area is 166 Å². The molecule has 4 nitrogen and oxygen atoms in total. The number of hydrogen-bond donors (Lipinski definition) is 0. The third kappa shape index (κ3) is 4.30. The van der Waals surface area contributed by atoms with Gasteiger partial charge in [0.25, 0.3) is 0 Å². The van der Waals surface area contributed by atoms with Crippen LogP contribution in [0.2, 0.25) is 0 Å². The first kappa shape index (κ1) is 18.4. The van der Waals surface area contributed by atoms with E-state index >= 15 is 0 Å². The monoisotopic (exact) mass is 386 g/mol. The number of fused-ring (bicyclic) bond motifs is 1. The van der Waals surface area contributed by atoms with Gasteiger partial charge in [-0.1, -0.05) is 42.5 Å². The third-order valence-electron chi connectivity index (χ3n) is 4.24. The molecule has 0 spiro atoms. The number of Topliss-reactive ketones (excluding diaryl/α,β-unsaturated/α-hetero) is 1. The Bertz CT molecular complexity index is 1130. The van der Waals surface area contributed by atoms with E-state index in [0.717, 1.165) is 5.56 Å². The van der Waals surface area contributed by atoms with Crippen LogP contribution in [0.1, 0.15) is 21.5 Å². The predicted molar refractivity (Wildman–Crippen MR) is 107 cm³/mol. The van der Waals surface area contributed by atoms with E-state index in [1.165, 1.54) is 36.4 Å². The fourth-order valence-electron chi connectivity index (χ4n) is 2.82. The lowest BCUT2D eigenvalue weighted by molar-refractivity contribution is -0.128. The first-order valence-corrected chi connectivity index (χ1v) is 8.87. The van der Waals surface area contributed by atoms with Crippen molar-refractivity contribution in [2.24, 2.45) is 0 Å². The minimum absolute atomic E-state index is 0.124. The van der Waals surface area contributed by atoms with Crippen molar-refractivity contribution in [1.82, 2.24) is 0 Å². The van der Waals surface area contributed by atoms with Gasteiger partial charge in [-0.2, -0.15) is 0 Å². The number of benzene rings is 3. The molecule has 1 aliphatic heterocycles. The van der Waals surface area contributed by atoms with E-state index in [-0.39, 0.29) is 23.1 Å². The maximum absolute atomic E-state index is 13.0. The number of allylic oxidation sites excluding steroid dienone is 1. The zero-order chi connectivity index (χ0) is 20.2. The van der Waals surface area contributed by atoms with E-state index in [4.69, 9.17) is 9.47 Å². The third-order valence-corrected chi connectivity index (χ3v) is 4.24. The van der Waals surface area contributed by atoms with E-state index in [9.17, 15) is 14.0 Å². The van der Waals surface area contributed by atoms with Crippen molar-refractivity contribution in [3.05, 3.63) is 107 Å². The second kappa shape index (κ2) is 7.94. The van der Waals surface area contributed by atoms with E-state index < -0.39 is 5.97 Å². The molecule has 1 aliphatic rings. The molecule has 0 aromatic heterocycles. The number of ether oxygens (including phenoxy) is 2. The van der Waals surface area contributed by atoms with Crippen LogP contribution in [-0.2, 0) is 4.79 Å². The molecule has 1 heterocycles. The maximum atomic E-state index is 13.0. The normalized spacial score (nSPS) is 14.1. The van der Waals surface area contributed by atoms with Crippen molar-refractivity contribution >= 4 is 23.9 Å². The van der Waals surface area contributed by atoms with Gasteiger partial charge in [-0.15, -0.1) is 0 Å². The van der Waals surface area contributed by atoms with Crippen LogP contribution in [0.4, 0.5) is 4.39 Å². The van der Waals surface area contributed by atoms with Gasteiger partial charge in [0, 0.05) is 12.1 Å². The second-order valence-electron chi connectivity index (χ2n) is 6.31. The lowest BCUT2D eigenvalue weighted by atomic mass is 10.1. The number of hydrogen-bond acceptors (Lipinski definition) is 4. The Morgan fingerprint density at radius 2 is 1.69 bits per heavy atom. The first-order chi connectivity index (χ1) is 14.1. The van der Waals surface area contributed by atoms with Gasteiger partial charge in [0.1, 0.15) is 17.3 Å². The molecule has 0 bridgehead atoms. The van der Waals surface area contributed by atoms with Gasteiger partial charge in [0.05, 0.1) is 5.56 Å². The van der Waals surface area contributed by atoms with Gasteiger partial charge in [-0.25, -0.2) is 9.18 Å². The minimum Gasteiger partial charge on any atom is -0.452 e. The predicted octanol–water partition coefficient (Wildman–Crippen LogP) is 5.06. The summed E-state index contributed by atoms with van der Waals surface area (Å²) in [6, 6.07) is 19.7. The highest BCUT2D eigenvalue weighted by Crippen LogP contribution is 2.35. The lowest BCUT2D eigenvalue weighted by Gasteiger charge is -2.03. The Hall–Kier alpha value is -3.99. The summed E-state index contributed by atoms with van der Waals surface area (Å²) in [5.41, 5.74) is 1.89. The van der Waals surface area contributed by atoms with Crippen molar-refractivity contribution in [3.8, 4) is 11.5 Å². The SMILES string of the molecule is O=C(C=Cc1ccccc1)Oc1ccc2c(c1)OC(=Cc1ccc(F)cc1)C2=O. The molecule has 0 unspecified atom stereocenters. The summed E-state index contributed by atoms with van der Waals surface area (Å²) in [4.78, 5) is 24.5. The van der Waals surface area contributed by atoms with Gasteiger partial charge in [0.15, 0.2) is 5.76 Å². The molecular weight excluding hydrogens is 371 g/mol. The van der Waals surface area contributed by atoms with E-state index in [1.54, 1.807) is 24.3 Å². The Morgan fingerprint density at radius 3 is 2.45 bits per heavy atom. The maximum Gasteiger partial charge on any atom is 0.336 e. The Kier molecular flexibility index (Phi) is 5.03. The smallest absolute Gasteiger partial charge is 0.336 e. The Balaban J connectivity index is 1.48. The molecular formula is C24H15FO4. The highest BCUT2D eigenvalue weighted by molar-refractivity contribution is 6.14. The number of carbonyl (C=O) groups excluding carboxylic acids is 2. The molecule has 0 fully saturated rings. The molecule has 0 N–H and O–H groups in total. The number of esters is 1. The number of carbonyl (C=O) groups is 2. The first-order valence-electron chi connectivity index (χ1n) is 8.87. The minimum atomic E-state index is -0.541. The quantitative estimate of drug-likeness (QED) is 0.357. The van der Waals surface area contributed by atoms with E-state index in [0.29, 0.717) is 16.9 Å². The summed E-state index contributed by atoms with van der Waals surface area (Å²) in [5.74, 6) is -0.490. The summed E-state index contributed by atoms with van der Waals surface area (Å²) in [6.07, 6.45) is 4.52. The fourth-order valence-corrected chi connectivity index (χ4v) is 2.82. The highest BCUT2D eigenvalue weighted by Gasteiger charge is 2.27. The summed E-state index contributed by atoms with van der Waals surface area (Å²) in [7, 11) is 0. The van der Waals surface area contributed by atoms with Crippen molar-refractivity contribution < 1.29 is 23.5 Å². The standard InChI is InChI=1S/C24H15FO4/c25-18-9-6-17(7-10-18)14-22-24(27)20-12-11-19(15-21(20)29-22)28-23(26)13-8-16-4-2-1-3-5-16/h1-15H. The molecule has 142 valence electrons. The summed E-state index contributed by atoms with van der Waals surface area (Å²) >= 11 is 0. The summed E-state index contributed by atoms with van der Waals surface area (Å²) < 4.78 is 23.9. The van der Waals surface area contributed by atoms with Gasteiger partial charge in [-0.05, 0) is 47.5 Å². The van der Waals surface area contributed by atoms with Crippen LogP contribution in [0, 0.1) is 5.82 Å². The topological polar surface area (TPSA) is 52.6 Å². The van der Waals surface area contributed by atoms with Crippen molar-refractivity contribution in [3.63, 3.8) is 0 Å². The molecule has 29 heavy (non-hydrogen) atoms. The van der Waals surface area contributed by atoms with Crippen molar-refractivity contribution in [1.29, 1.82) is 0 Å². The van der Waals surface area contributed by atoms with Gasteiger partial charge in [0.2, 0.25) is 5.78 Å². The van der Waals surface area contributed by atoms with Gasteiger partial charge < -0.3 is 9.47 Å². The fraction of sp³-hybridized carbons (Fsp3) is 0. The molecule has 0 radical (unpaired) electrons. The van der Waals surface area contributed by atoms with Crippen LogP contribution in [-0.4, -0.2) is 11.8 Å². The zero-order valence-corrected chi connectivity index (χ0v) is 15.2. The molecule has 0 aliphatic carbocycles. The van der Waals surface area contributed by atoms with Crippen LogP contribution in [0.5, 0.6) is 11.5 Å². The molecule has 0 atom stereocenters. The highest BCUT2D eigenvalue weighted by atomic mass is 19.1. The van der Waals surface area contributed by atoms with Crippen molar-refractivity contribution in [2.45, 2.75) is 0 Å². The van der Waals surface area contributed by atoms with Crippen LogP contribution in [0.25, 0.3) is 12.2 Å². The lowest BCUT2D eigenvalue weighted by Crippen LogP contribution is -2.03. The van der Waals surface area contributed by atoms with E-state index in [2.05, 4.69) is 0 Å². The average molecular weight is 386 g/mol. The molecule has 0 saturated carbocycles.